The van der Waals surface area contributed by atoms with Crippen LogP contribution < -0.4 is 11.1 Å². The van der Waals surface area contributed by atoms with Crippen molar-refractivity contribution in [2.45, 2.75) is 32.3 Å². The summed E-state index contributed by atoms with van der Waals surface area (Å²) >= 11 is 0. The molecule has 4 heteroatoms. The SMILES string of the molecule is CC(O)CNC(=O)CCCCN. The van der Waals surface area contributed by atoms with Gasteiger partial charge in [-0.3, -0.25) is 4.79 Å². The van der Waals surface area contributed by atoms with E-state index < -0.39 is 6.10 Å². The highest BCUT2D eigenvalue weighted by Crippen LogP contribution is 1.92. The number of carbonyl (C=O) groups is 1. The van der Waals surface area contributed by atoms with E-state index in [0.29, 0.717) is 19.5 Å². The van der Waals surface area contributed by atoms with Crippen LogP contribution in [0.5, 0.6) is 0 Å². The highest BCUT2D eigenvalue weighted by atomic mass is 16.3. The molecule has 0 rings (SSSR count). The minimum atomic E-state index is -0.469. The standard InChI is InChI=1S/C8H18N2O2/c1-7(11)6-10-8(12)4-2-3-5-9/h7,11H,2-6,9H2,1H3,(H,10,12). The number of hydrogen-bond acceptors (Lipinski definition) is 3. The summed E-state index contributed by atoms with van der Waals surface area (Å²) in [7, 11) is 0. The van der Waals surface area contributed by atoms with Crippen LogP contribution in [-0.2, 0) is 4.79 Å². The maximum atomic E-state index is 11.0. The lowest BCUT2D eigenvalue weighted by atomic mass is 10.2. The third kappa shape index (κ3) is 7.50. The Morgan fingerprint density at radius 1 is 1.58 bits per heavy atom. The van der Waals surface area contributed by atoms with Crippen molar-refractivity contribution in [1.82, 2.24) is 5.32 Å². The van der Waals surface area contributed by atoms with Crippen LogP contribution in [0.3, 0.4) is 0 Å². The van der Waals surface area contributed by atoms with Gasteiger partial charge >= 0.3 is 0 Å². The van der Waals surface area contributed by atoms with Gasteiger partial charge in [-0.15, -0.1) is 0 Å². The topological polar surface area (TPSA) is 75.3 Å². The maximum absolute atomic E-state index is 11.0. The lowest BCUT2D eigenvalue weighted by Gasteiger charge is -2.06. The molecule has 12 heavy (non-hydrogen) atoms. The molecular weight excluding hydrogens is 156 g/mol. The zero-order valence-electron chi connectivity index (χ0n) is 7.55. The van der Waals surface area contributed by atoms with Crippen LogP contribution >= 0.6 is 0 Å². The Morgan fingerprint density at radius 2 is 2.25 bits per heavy atom. The third-order valence-corrected chi connectivity index (χ3v) is 1.45. The van der Waals surface area contributed by atoms with E-state index in [-0.39, 0.29) is 5.91 Å². The van der Waals surface area contributed by atoms with Crippen molar-refractivity contribution in [1.29, 1.82) is 0 Å². The molecule has 0 aliphatic rings. The van der Waals surface area contributed by atoms with Crippen LogP contribution in [0.4, 0.5) is 0 Å². The first-order valence-corrected chi connectivity index (χ1v) is 4.31. The van der Waals surface area contributed by atoms with Crippen molar-refractivity contribution in [3.05, 3.63) is 0 Å². The summed E-state index contributed by atoms with van der Waals surface area (Å²) in [6.45, 7) is 2.60. The van der Waals surface area contributed by atoms with E-state index in [9.17, 15) is 4.79 Å². The molecule has 72 valence electrons. The Hall–Kier alpha value is -0.610. The average Bonchev–Trinajstić information content (AvgIpc) is 2.01. The molecule has 0 saturated heterocycles. The van der Waals surface area contributed by atoms with Crippen LogP contribution in [0.25, 0.3) is 0 Å². The molecule has 4 nitrogen and oxygen atoms in total. The van der Waals surface area contributed by atoms with E-state index in [0.717, 1.165) is 12.8 Å². The van der Waals surface area contributed by atoms with Gasteiger partial charge in [0.2, 0.25) is 5.91 Å². The minimum absolute atomic E-state index is 0.00986. The number of hydrogen-bond donors (Lipinski definition) is 3. The fourth-order valence-corrected chi connectivity index (χ4v) is 0.780. The van der Waals surface area contributed by atoms with Crippen LogP contribution in [0.2, 0.25) is 0 Å². The van der Waals surface area contributed by atoms with Gasteiger partial charge in [0.25, 0.3) is 0 Å². The summed E-state index contributed by atoms with van der Waals surface area (Å²) in [5, 5.41) is 11.4. The summed E-state index contributed by atoms with van der Waals surface area (Å²) in [4.78, 5) is 11.0. The second-order valence-corrected chi connectivity index (χ2v) is 2.90. The molecule has 0 spiro atoms. The van der Waals surface area contributed by atoms with Crippen molar-refractivity contribution in [2.24, 2.45) is 5.73 Å². The Morgan fingerprint density at radius 3 is 2.75 bits per heavy atom. The molecule has 0 aliphatic heterocycles. The van der Waals surface area contributed by atoms with Crippen LogP contribution in [-0.4, -0.2) is 30.2 Å². The maximum Gasteiger partial charge on any atom is 0.220 e. The molecule has 1 unspecified atom stereocenters. The van der Waals surface area contributed by atoms with E-state index in [1.807, 2.05) is 0 Å². The smallest absolute Gasteiger partial charge is 0.220 e. The molecule has 0 heterocycles. The van der Waals surface area contributed by atoms with Crippen LogP contribution in [0.1, 0.15) is 26.2 Å². The number of amides is 1. The average molecular weight is 174 g/mol. The van der Waals surface area contributed by atoms with E-state index in [1.54, 1.807) is 6.92 Å². The summed E-state index contributed by atoms with van der Waals surface area (Å²) in [6.07, 6.45) is 1.73. The van der Waals surface area contributed by atoms with E-state index >= 15 is 0 Å². The lowest BCUT2D eigenvalue weighted by Crippen LogP contribution is -2.30. The fourth-order valence-electron chi connectivity index (χ4n) is 0.780. The third-order valence-electron chi connectivity index (χ3n) is 1.45. The number of nitrogens with two attached hydrogens (primary N) is 1. The molecule has 0 aromatic heterocycles. The minimum Gasteiger partial charge on any atom is -0.392 e. The Bertz CT molecular complexity index is 126. The number of rotatable bonds is 6. The molecule has 0 bridgehead atoms. The molecule has 0 radical (unpaired) electrons. The van der Waals surface area contributed by atoms with Gasteiger partial charge in [-0.2, -0.15) is 0 Å². The highest BCUT2D eigenvalue weighted by Gasteiger charge is 2.01. The molecule has 1 amide bonds. The molecule has 1 atom stereocenters. The number of unbranched alkanes of at least 4 members (excludes halogenated alkanes) is 1. The van der Waals surface area contributed by atoms with Crippen molar-refractivity contribution in [3.8, 4) is 0 Å². The normalized spacial score (nSPS) is 12.6. The van der Waals surface area contributed by atoms with E-state index in [2.05, 4.69) is 5.32 Å². The summed E-state index contributed by atoms with van der Waals surface area (Å²) in [6, 6.07) is 0. The number of carbonyl (C=O) groups excluding carboxylic acids is 1. The van der Waals surface area contributed by atoms with Crippen molar-refractivity contribution < 1.29 is 9.90 Å². The first kappa shape index (κ1) is 11.4. The first-order chi connectivity index (χ1) is 5.66. The second-order valence-electron chi connectivity index (χ2n) is 2.90. The first-order valence-electron chi connectivity index (χ1n) is 4.31. The Labute approximate surface area is 73.1 Å². The van der Waals surface area contributed by atoms with E-state index in [4.69, 9.17) is 10.8 Å². The molecule has 4 N–H and O–H groups in total. The highest BCUT2D eigenvalue weighted by molar-refractivity contribution is 5.75. The lowest BCUT2D eigenvalue weighted by molar-refractivity contribution is -0.121. The van der Waals surface area contributed by atoms with Gasteiger partial charge < -0.3 is 16.2 Å². The molecule has 0 aromatic rings. The molecular formula is C8H18N2O2. The zero-order chi connectivity index (χ0) is 9.40. The molecule has 0 aliphatic carbocycles. The van der Waals surface area contributed by atoms with Gasteiger partial charge in [0.05, 0.1) is 6.10 Å². The number of aliphatic hydroxyl groups is 1. The van der Waals surface area contributed by atoms with Crippen molar-refractivity contribution >= 4 is 5.91 Å². The van der Waals surface area contributed by atoms with Crippen LogP contribution in [0.15, 0.2) is 0 Å². The van der Waals surface area contributed by atoms with Gasteiger partial charge in [0, 0.05) is 13.0 Å². The largest absolute Gasteiger partial charge is 0.392 e. The summed E-state index contributed by atoms with van der Waals surface area (Å²) < 4.78 is 0. The predicted molar refractivity (Wildman–Crippen MR) is 47.6 cm³/mol. The number of nitrogens with one attached hydrogen (secondary N) is 1. The molecule has 0 fully saturated rings. The van der Waals surface area contributed by atoms with Crippen molar-refractivity contribution in [2.75, 3.05) is 13.1 Å². The fraction of sp³-hybridized carbons (Fsp3) is 0.875. The van der Waals surface area contributed by atoms with Gasteiger partial charge in [-0.25, -0.2) is 0 Å². The Kier molecular flexibility index (Phi) is 6.70. The summed E-state index contributed by atoms with van der Waals surface area (Å²) in [5.74, 6) is -0.00986. The van der Waals surface area contributed by atoms with Crippen LogP contribution in [0, 0.1) is 0 Å². The summed E-state index contributed by atoms with van der Waals surface area (Å²) in [5.41, 5.74) is 5.27. The quantitative estimate of drug-likeness (QED) is 0.480. The molecule has 0 aromatic carbocycles. The second kappa shape index (κ2) is 7.06. The molecule has 0 saturated carbocycles. The zero-order valence-corrected chi connectivity index (χ0v) is 7.55. The van der Waals surface area contributed by atoms with Gasteiger partial charge in [-0.05, 0) is 26.3 Å². The predicted octanol–water partition coefficient (Wildman–Crippen LogP) is -0.388. The monoisotopic (exact) mass is 174 g/mol. The van der Waals surface area contributed by atoms with Gasteiger partial charge in [-0.1, -0.05) is 0 Å². The number of aliphatic hydroxyl groups excluding tert-OH is 1. The van der Waals surface area contributed by atoms with E-state index in [1.165, 1.54) is 0 Å². The Balaban J connectivity index is 3.22. The van der Waals surface area contributed by atoms with Gasteiger partial charge in [0.1, 0.15) is 0 Å². The van der Waals surface area contributed by atoms with Crippen molar-refractivity contribution in [3.63, 3.8) is 0 Å². The van der Waals surface area contributed by atoms with Gasteiger partial charge in [0.15, 0.2) is 0 Å².